The molecule has 34 heavy (non-hydrogen) atoms. The lowest BCUT2D eigenvalue weighted by atomic mass is 10.1. The largest absolute Gasteiger partial charge is 0.493 e. The number of hydrogen-bond acceptors (Lipinski definition) is 7. The molecule has 1 atom stereocenters. The van der Waals surface area contributed by atoms with Crippen LogP contribution in [0.3, 0.4) is 0 Å². The van der Waals surface area contributed by atoms with E-state index < -0.39 is 18.0 Å². The molecule has 0 fully saturated rings. The zero-order chi connectivity index (χ0) is 24.3. The molecule has 1 heterocycles. The Morgan fingerprint density at radius 3 is 2.59 bits per heavy atom. The van der Waals surface area contributed by atoms with Crippen LogP contribution >= 0.6 is 22.6 Å². The summed E-state index contributed by atoms with van der Waals surface area (Å²) in [6.45, 7) is 0.0843. The number of carbonyl (C=O) groups excluding carboxylic acids is 2. The molecule has 3 N–H and O–H groups in total. The number of hydrogen-bond donors (Lipinski definition) is 3. The smallest absolute Gasteiger partial charge is 0.408 e. The lowest BCUT2D eigenvalue weighted by molar-refractivity contribution is -0.123. The van der Waals surface area contributed by atoms with E-state index in [4.69, 9.17) is 14.2 Å². The van der Waals surface area contributed by atoms with Gasteiger partial charge in [-0.1, -0.05) is 30.3 Å². The Balaban J connectivity index is 1.65. The van der Waals surface area contributed by atoms with Gasteiger partial charge in [0.15, 0.2) is 11.5 Å². The van der Waals surface area contributed by atoms with E-state index in [-0.39, 0.29) is 13.0 Å². The summed E-state index contributed by atoms with van der Waals surface area (Å²) in [5, 5.41) is 6.63. The first kappa shape index (κ1) is 25.0. The molecule has 0 aliphatic heterocycles. The van der Waals surface area contributed by atoms with Crippen LogP contribution < -0.4 is 20.2 Å². The molecule has 1 aromatic heterocycles. The van der Waals surface area contributed by atoms with Gasteiger partial charge >= 0.3 is 6.09 Å². The Morgan fingerprint density at radius 1 is 1.18 bits per heavy atom. The molecule has 0 aliphatic carbocycles. The van der Waals surface area contributed by atoms with Gasteiger partial charge in [0, 0.05) is 27.4 Å². The van der Waals surface area contributed by atoms with Crippen molar-refractivity contribution in [3.05, 3.63) is 75.4 Å². The first-order valence-corrected chi connectivity index (χ1v) is 11.3. The number of hydrazone groups is 1. The van der Waals surface area contributed by atoms with Gasteiger partial charge in [0.05, 0.1) is 26.8 Å². The van der Waals surface area contributed by atoms with Gasteiger partial charge in [0.25, 0.3) is 5.91 Å². The van der Waals surface area contributed by atoms with Crippen LogP contribution in [0.2, 0.25) is 0 Å². The lowest BCUT2D eigenvalue weighted by Gasteiger charge is -2.16. The van der Waals surface area contributed by atoms with Gasteiger partial charge in [-0.3, -0.25) is 4.79 Å². The summed E-state index contributed by atoms with van der Waals surface area (Å²) in [6.07, 6.45) is 4.02. The highest BCUT2D eigenvalue weighted by Gasteiger charge is 2.22. The first-order valence-electron chi connectivity index (χ1n) is 10.2. The van der Waals surface area contributed by atoms with Crippen LogP contribution in [-0.2, 0) is 22.6 Å². The highest BCUT2D eigenvalue weighted by atomic mass is 127. The van der Waals surface area contributed by atoms with E-state index >= 15 is 0 Å². The van der Waals surface area contributed by atoms with E-state index in [2.05, 4.69) is 48.4 Å². The normalized spacial score (nSPS) is 11.6. The zero-order valence-electron chi connectivity index (χ0n) is 18.6. The number of alkyl carbamates (subject to hydrolysis) is 1. The molecule has 0 spiro atoms. The average Bonchev–Trinajstić information content (AvgIpc) is 3.36. The third-order valence-electron chi connectivity index (χ3n) is 4.68. The molecule has 0 radical (unpaired) electrons. The third-order valence-corrected chi connectivity index (χ3v) is 5.62. The van der Waals surface area contributed by atoms with E-state index in [1.54, 1.807) is 25.4 Å². The fourth-order valence-electron chi connectivity index (χ4n) is 2.94. The van der Waals surface area contributed by atoms with E-state index in [0.29, 0.717) is 17.2 Å². The molecule has 3 rings (SSSR count). The second kappa shape index (κ2) is 12.6. The number of rotatable bonds is 10. The number of H-pyrrole nitrogens is 1. The lowest BCUT2D eigenvalue weighted by Crippen LogP contribution is -2.47. The molecule has 178 valence electrons. The monoisotopic (exact) mass is 577 g/mol. The maximum absolute atomic E-state index is 12.8. The number of halogens is 1. The summed E-state index contributed by atoms with van der Waals surface area (Å²) in [5.41, 5.74) is 4.69. The second-order valence-electron chi connectivity index (χ2n) is 7.00. The van der Waals surface area contributed by atoms with Gasteiger partial charge in [0.1, 0.15) is 12.6 Å². The van der Waals surface area contributed by atoms with Crippen molar-refractivity contribution in [2.75, 3.05) is 14.2 Å². The van der Waals surface area contributed by atoms with Gasteiger partial charge in [-0.05, 0) is 40.3 Å². The second-order valence-corrected chi connectivity index (χ2v) is 8.16. The molecule has 0 saturated heterocycles. The van der Waals surface area contributed by atoms with E-state index in [9.17, 15) is 9.59 Å². The number of aromatic nitrogens is 2. The molecule has 0 unspecified atom stereocenters. The Labute approximate surface area is 210 Å². The summed E-state index contributed by atoms with van der Waals surface area (Å²) >= 11 is 2.13. The summed E-state index contributed by atoms with van der Waals surface area (Å²) in [6, 6.07) is 11.9. The van der Waals surface area contributed by atoms with Crippen LogP contribution in [-0.4, -0.2) is 48.4 Å². The molecule has 2 aromatic carbocycles. The van der Waals surface area contributed by atoms with Crippen LogP contribution in [0.15, 0.2) is 60.1 Å². The summed E-state index contributed by atoms with van der Waals surface area (Å²) in [7, 11) is 3.09. The highest BCUT2D eigenvalue weighted by molar-refractivity contribution is 14.1. The van der Waals surface area contributed by atoms with Crippen LogP contribution in [0, 0.1) is 3.57 Å². The van der Waals surface area contributed by atoms with Gasteiger partial charge < -0.3 is 24.5 Å². The van der Waals surface area contributed by atoms with Crippen molar-refractivity contribution in [3.8, 4) is 11.5 Å². The van der Waals surface area contributed by atoms with Crippen LogP contribution in [0.25, 0.3) is 0 Å². The fourth-order valence-corrected chi connectivity index (χ4v) is 3.52. The minimum Gasteiger partial charge on any atom is -0.493 e. The fraction of sp³-hybridized carbons (Fsp3) is 0.217. The maximum Gasteiger partial charge on any atom is 0.408 e. The van der Waals surface area contributed by atoms with Crippen molar-refractivity contribution < 1.29 is 23.8 Å². The zero-order valence-corrected chi connectivity index (χ0v) is 20.7. The Kier molecular flexibility index (Phi) is 9.26. The molecular weight excluding hydrogens is 553 g/mol. The SMILES string of the molecule is COc1cc(I)c(/C=N\NC(=O)[C@@H](Cc2cnc[nH]2)NC(=O)OCc2ccccc2)cc1OC. The number of aromatic amines is 1. The summed E-state index contributed by atoms with van der Waals surface area (Å²) in [4.78, 5) is 32.0. The van der Waals surface area contributed by atoms with Crippen molar-refractivity contribution >= 4 is 40.8 Å². The Hall–Kier alpha value is -3.61. The maximum atomic E-state index is 12.8. The van der Waals surface area contributed by atoms with Crippen LogP contribution in [0.4, 0.5) is 4.79 Å². The number of amides is 2. The predicted octanol–water partition coefficient (Wildman–Crippen LogP) is 3.02. The minimum atomic E-state index is -0.939. The van der Waals surface area contributed by atoms with Crippen LogP contribution in [0.5, 0.6) is 11.5 Å². The number of benzene rings is 2. The molecular formula is C23H24IN5O5. The minimum absolute atomic E-state index is 0.0843. The Morgan fingerprint density at radius 2 is 1.91 bits per heavy atom. The van der Waals surface area contributed by atoms with Gasteiger partial charge in [-0.25, -0.2) is 15.2 Å². The van der Waals surface area contributed by atoms with Gasteiger partial charge in [-0.2, -0.15) is 5.10 Å². The van der Waals surface area contributed by atoms with Gasteiger partial charge in [0.2, 0.25) is 0 Å². The van der Waals surface area contributed by atoms with Crippen molar-refractivity contribution in [1.29, 1.82) is 0 Å². The van der Waals surface area contributed by atoms with Crippen molar-refractivity contribution in [2.45, 2.75) is 19.1 Å². The number of imidazole rings is 1. The Bertz CT molecular complexity index is 1120. The molecule has 0 aliphatic rings. The summed E-state index contributed by atoms with van der Waals surface area (Å²) in [5.74, 6) is 0.611. The average molecular weight is 577 g/mol. The number of nitrogens with zero attached hydrogens (tertiary/aromatic N) is 2. The molecule has 0 saturated carbocycles. The number of carbonyl (C=O) groups is 2. The molecule has 11 heteroatoms. The quantitative estimate of drug-likeness (QED) is 0.193. The van der Waals surface area contributed by atoms with E-state index in [1.165, 1.54) is 19.7 Å². The third kappa shape index (κ3) is 7.20. The molecule has 2 amide bonds. The number of ether oxygens (including phenoxy) is 3. The number of methoxy groups -OCH3 is 2. The van der Waals surface area contributed by atoms with E-state index in [0.717, 1.165) is 14.7 Å². The van der Waals surface area contributed by atoms with Crippen molar-refractivity contribution in [3.63, 3.8) is 0 Å². The van der Waals surface area contributed by atoms with Gasteiger partial charge in [-0.15, -0.1) is 0 Å². The standard InChI is InChI=1S/C23H24IN5O5/c1-32-20-8-16(18(24)10-21(20)33-2)11-27-29-22(30)19(9-17-12-25-14-26-17)28-23(31)34-13-15-6-4-3-5-7-15/h3-8,10-12,14,19H,9,13H2,1-2H3,(H,25,26)(H,28,31)(H,29,30)/b27-11-/t19-/m1/s1. The van der Waals surface area contributed by atoms with E-state index in [1.807, 2.05) is 30.3 Å². The molecule has 10 nitrogen and oxygen atoms in total. The molecule has 3 aromatic rings. The predicted molar refractivity (Wildman–Crippen MR) is 134 cm³/mol. The summed E-state index contributed by atoms with van der Waals surface area (Å²) < 4.78 is 16.7. The van der Waals surface area contributed by atoms with Crippen molar-refractivity contribution in [1.82, 2.24) is 20.7 Å². The van der Waals surface area contributed by atoms with Crippen molar-refractivity contribution in [2.24, 2.45) is 5.10 Å². The number of nitrogens with one attached hydrogen (secondary N) is 3. The first-order chi connectivity index (χ1) is 16.5. The topological polar surface area (TPSA) is 127 Å². The van der Waals surface area contributed by atoms with Crippen LogP contribution in [0.1, 0.15) is 16.8 Å². The molecule has 0 bridgehead atoms. The highest BCUT2D eigenvalue weighted by Crippen LogP contribution is 2.30.